The zero-order chi connectivity index (χ0) is 12.0. The quantitative estimate of drug-likeness (QED) is 0.811. The van der Waals surface area contributed by atoms with E-state index in [4.69, 9.17) is 5.73 Å². The summed E-state index contributed by atoms with van der Waals surface area (Å²) >= 11 is 0. The molecule has 0 aliphatic rings. The van der Waals surface area contributed by atoms with Crippen molar-refractivity contribution in [1.29, 1.82) is 0 Å². The fourth-order valence-electron chi connectivity index (χ4n) is 1.40. The molecule has 0 aliphatic heterocycles. The second-order valence-corrected chi connectivity index (χ2v) is 3.62. The first-order chi connectivity index (χ1) is 7.51. The second-order valence-electron chi connectivity index (χ2n) is 3.62. The van der Waals surface area contributed by atoms with Crippen LogP contribution in [0.15, 0.2) is 30.3 Å². The summed E-state index contributed by atoms with van der Waals surface area (Å²) in [6, 6.07) is 8.98. The van der Waals surface area contributed by atoms with Crippen molar-refractivity contribution < 1.29 is 13.2 Å². The molecule has 1 atom stereocenters. The maximum Gasteiger partial charge on any atom is 0.401 e. The normalized spacial score (nSPS) is 13.8. The van der Waals surface area contributed by atoms with Crippen molar-refractivity contribution in [2.75, 3.05) is 13.1 Å². The van der Waals surface area contributed by atoms with Crippen LogP contribution in [0.3, 0.4) is 0 Å². The van der Waals surface area contributed by atoms with Gasteiger partial charge in [-0.25, -0.2) is 0 Å². The summed E-state index contributed by atoms with van der Waals surface area (Å²) < 4.78 is 36.0. The van der Waals surface area contributed by atoms with Gasteiger partial charge in [-0.05, 0) is 12.0 Å². The average molecular weight is 232 g/mol. The lowest BCUT2D eigenvalue weighted by Gasteiger charge is -2.18. The highest BCUT2D eigenvalue weighted by Gasteiger charge is 2.27. The fraction of sp³-hybridized carbons (Fsp3) is 0.455. The summed E-state index contributed by atoms with van der Waals surface area (Å²) in [4.78, 5) is 0. The minimum Gasteiger partial charge on any atom is -0.329 e. The second kappa shape index (κ2) is 5.86. The maximum absolute atomic E-state index is 12.0. The summed E-state index contributed by atoms with van der Waals surface area (Å²) in [6.45, 7) is -0.813. The molecule has 16 heavy (non-hydrogen) atoms. The van der Waals surface area contributed by atoms with Crippen LogP contribution in [0.2, 0.25) is 0 Å². The van der Waals surface area contributed by atoms with Gasteiger partial charge in [0.2, 0.25) is 0 Å². The number of benzene rings is 1. The molecule has 5 heteroatoms. The van der Waals surface area contributed by atoms with Gasteiger partial charge in [0, 0.05) is 12.6 Å². The van der Waals surface area contributed by atoms with Gasteiger partial charge in [-0.15, -0.1) is 0 Å². The van der Waals surface area contributed by atoms with Gasteiger partial charge in [-0.3, -0.25) is 0 Å². The van der Waals surface area contributed by atoms with Crippen molar-refractivity contribution in [2.45, 2.75) is 18.6 Å². The van der Waals surface area contributed by atoms with Gasteiger partial charge in [0.25, 0.3) is 0 Å². The molecule has 0 radical (unpaired) electrons. The van der Waals surface area contributed by atoms with Gasteiger partial charge in [0.05, 0.1) is 6.54 Å². The van der Waals surface area contributed by atoms with Crippen molar-refractivity contribution in [3.63, 3.8) is 0 Å². The van der Waals surface area contributed by atoms with Crippen LogP contribution in [-0.2, 0) is 6.42 Å². The summed E-state index contributed by atoms with van der Waals surface area (Å²) in [7, 11) is 0. The first kappa shape index (κ1) is 13.0. The van der Waals surface area contributed by atoms with E-state index in [9.17, 15) is 13.2 Å². The smallest absolute Gasteiger partial charge is 0.329 e. The Morgan fingerprint density at radius 2 is 1.81 bits per heavy atom. The molecular weight excluding hydrogens is 217 g/mol. The van der Waals surface area contributed by atoms with Gasteiger partial charge in [0.15, 0.2) is 0 Å². The lowest BCUT2D eigenvalue weighted by molar-refractivity contribution is -0.126. The molecule has 0 amide bonds. The Hall–Kier alpha value is -1.07. The molecule has 0 aromatic heterocycles. The molecular formula is C11H15F3N2. The first-order valence-electron chi connectivity index (χ1n) is 5.05. The van der Waals surface area contributed by atoms with Crippen molar-refractivity contribution in [1.82, 2.24) is 5.32 Å². The Bertz CT molecular complexity index is 298. The molecule has 1 aromatic carbocycles. The van der Waals surface area contributed by atoms with E-state index in [-0.39, 0.29) is 12.6 Å². The zero-order valence-electron chi connectivity index (χ0n) is 8.80. The highest BCUT2D eigenvalue weighted by molar-refractivity contribution is 5.15. The number of rotatable bonds is 5. The third kappa shape index (κ3) is 5.14. The van der Waals surface area contributed by atoms with Crippen molar-refractivity contribution in [3.8, 4) is 0 Å². The van der Waals surface area contributed by atoms with Gasteiger partial charge >= 0.3 is 6.18 Å². The number of nitrogens with one attached hydrogen (secondary N) is 1. The summed E-state index contributed by atoms with van der Waals surface area (Å²) in [5, 5.41) is 2.41. The zero-order valence-corrected chi connectivity index (χ0v) is 8.80. The van der Waals surface area contributed by atoms with Crippen LogP contribution in [-0.4, -0.2) is 25.3 Å². The number of nitrogens with two attached hydrogens (primary N) is 1. The van der Waals surface area contributed by atoms with Crippen LogP contribution >= 0.6 is 0 Å². The lowest BCUT2D eigenvalue weighted by Crippen LogP contribution is -2.42. The van der Waals surface area contributed by atoms with Crippen LogP contribution in [0.4, 0.5) is 13.2 Å². The Balaban J connectivity index is 2.44. The van der Waals surface area contributed by atoms with Gasteiger partial charge in [-0.2, -0.15) is 13.2 Å². The monoisotopic (exact) mass is 232 g/mol. The van der Waals surface area contributed by atoms with E-state index in [0.29, 0.717) is 6.42 Å². The van der Waals surface area contributed by atoms with Crippen molar-refractivity contribution >= 4 is 0 Å². The predicted octanol–water partition coefficient (Wildman–Crippen LogP) is 1.71. The van der Waals surface area contributed by atoms with Crippen LogP contribution in [0, 0.1) is 0 Å². The Morgan fingerprint density at radius 1 is 1.19 bits per heavy atom. The Labute approximate surface area is 92.6 Å². The molecule has 1 rings (SSSR count). The number of hydrogen-bond donors (Lipinski definition) is 2. The van der Waals surface area contributed by atoms with Crippen LogP contribution in [0.1, 0.15) is 5.56 Å². The molecule has 90 valence electrons. The van der Waals surface area contributed by atoms with E-state index in [2.05, 4.69) is 5.32 Å². The molecule has 0 fully saturated rings. The van der Waals surface area contributed by atoms with Gasteiger partial charge in [0.1, 0.15) is 0 Å². The molecule has 0 saturated heterocycles. The van der Waals surface area contributed by atoms with Crippen LogP contribution < -0.4 is 11.1 Å². The number of hydrogen-bond acceptors (Lipinski definition) is 2. The third-order valence-corrected chi connectivity index (χ3v) is 2.20. The molecule has 0 bridgehead atoms. The third-order valence-electron chi connectivity index (χ3n) is 2.20. The predicted molar refractivity (Wildman–Crippen MR) is 57.0 cm³/mol. The van der Waals surface area contributed by atoms with Crippen LogP contribution in [0.25, 0.3) is 0 Å². The summed E-state index contributed by atoms with van der Waals surface area (Å²) in [5.41, 5.74) is 6.40. The van der Waals surface area contributed by atoms with Crippen molar-refractivity contribution in [2.24, 2.45) is 5.73 Å². The van der Waals surface area contributed by atoms with Crippen LogP contribution in [0.5, 0.6) is 0 Å². The van der Waals surface area contributed by atoms with E-state index in [1.54, 1.807) is 0 Å². The Morgan fingerprint density at radius 3 is 2.31 bits per heavy atom. The topological polar surface area (TPSA) is 38.0 Å². The van der Waals surface area contributed by atoms with Gasteiger partial charge in [-0.1, -0.05) is 30.3 Å². The van der Waals surface area contributed by atoms with Crippen molar-refractivity contribution in [3.05, 3.63) is 35.9 Å². The summed E-state index contributed by atoms with van der Waals surface area (Å²) in [6.07, 6.45) is -3.68. The number of halogens is 3. The highest BCUT2D eigenvalue weighted by atomic mass is 19.4. The molecule has 2 nitrogen and oxygen atoms in total. The number of alkyl halides is 3. The van der Waals surface area contributed by atoms with E-state index >= 15 is 0 Å². The molecule has 0 heterocycles. The molecule has 0 spiro atoms. The van der Waals surface area contributed by atoms with E-state index in [1.807, 2.05) is 30.3 Å². The summed E-state index contributed by atoms with van der Waals surface area (Å²) in [5.74, 6) is 0. The molecule has 0 aliphatic carbocycles. The standard InChI is InChI=1S/C11H15F3N2/c12-11(13,14)8-16-10(7-15)6-9-4-2-1-3-5-9/h1-5,10,16H,6-8,15H2. The fourth-order valence-corrected chi connectivity index (χ4v) is 1.40. The van der Waals surface area contributed by atoms with E-state index in [0.717, 1.165) is 5.56 Å². The minimum atomic E-state index is -4.19. The molecule has 1 unspecified atom stereocenters. The van der Waals surface area contributed by atoms with Gasteiger partial charge < -0.3 is 11.1 Å². The SMILES string of the molecule is NCC(Cc1ccccc1)NCC(F)(F)F. The first-order valence-corrected chi connectivity index (χ1v) is 5.05. The van der Waals surface area contributed by atoms with E-state index < -0.39 is 12.7 Å². The molecule has 0 saturated carbocycles. The Kier molecular flexibility index (Phi) is 4.76. The average Bonchev–Trinajstić information content (AvgIpc) is 2.24. The largest absolute Gasteiger partial charge is 0.401 e. The minimum absolute atomic E-state index is 0.185. The molecule has 3 N–H and O–H groups in total. The maximum atomic E-state index is 12.0. The molecule has 1 aromatic rings. The van der Waals surface area contributed by atoms with E-state index in [1.165, 1.54) is 0 Å². The lowest BCUT2D eigenvalue weighted by atomic mass is 10.1. The highest BCUT2D eigenvalue weighted by Crippen LogP contribution is 2.13.